The van der Waals surface area contributed by atoms with Crippen LogP contribution in [0, 0.1) is 5.82 Å². The number of anilines is 2. The monoisotopic (exact) mass is 445 g/mol. The molecule has 0 bridgehead atoms. The highest BCUT2D eigenvalue weighted by Crippen LogP contribution is 2.33. The molecule has 6 nitrogen and oxygen atoms in total. The van der Waals surface area contributed by atoms with Gasteiger partial charge in [-0.25, -0.2) is 9.07 Å². The minimum Gasteiger partial charge on any atom is -0.324 e. The number of fused-ring (bicyclic) bond motifs is 1. The molecule has 0 radical (unpaired) electrons. The van der Waals surface area contributed by atoms with Gasteiger partial charge in [-0.05, 0) is 53.6 Å². The van der Waals surface area contributed by atoms with E-state index in [0.717, 1.165) is 16.8 Å². The number of nitrogens with zero attached hydrogens (tertiary/aromatic N) is 3. The lowest BCUT2D eigenvalue weighted by Crippen LogP contribution is -2.20. The third-order valence-corrected chi connectivity index (χ3v) is 5.35. The molecule has 1 aromatic heterocycles. The number of halogens is 2. The summed E-state index contributed by atoms with van der Waals surface area (Å²) in [5.41, 5.74) is 3.13. The lowest BCUT2D eigenvalue weighted by atomic mass is 10.0. The normalized spacial score (nSPS) is 14.8. The number of amides is 1. The van der Waals surface area contributed by atoms with Crippen molar-refractivity contribution >= 4 is 35.1 Å². The number of aromatic nitrogens is 3. The van der Waals surface area contributed by atoms with E-state index in [-0.39, 0.29) is 12.0 Å². The van der Waals surface area contributed by atoms with Crippen molar-refractivity contribution in [3.05, 3.63) is 112 Å². The molecule has 0 unspecified atom stereocenters. The van der Waals surface area contributed by atoms with Crippen LogP contribution in [0.2, 0.25) is 5.02 Å². The Kier molecular flexibility index (Phi) is 5.17. The summed E-state index contributed by atoms with van der Waals surface area (Å²) < 4.78 is 14.9. The van der Waals surface area contributed by atoms with E-state index in [9.17, 15) is 9.18 Å². The zero-order valence-corrected chi connectivity index (χ0v) is 17.4. The van der Waals surface area contributed by atoms with Gasteiger partial charge in [0.1, 0.15) is 11.9 Å². The van der Waals surface area contributed by atoms with E-state index in [1.165, 1.54) is 24.3 Å². The topological polar surface area (TPSA) is 71.8 Å². The van der Waals surface area contributed by atoms with Crippen molar-refractivity contribution in [2.75, 3.05) is 10.6 Å². The Morgan fingerprint density at radius 3 is 2.44 bits per heavy atom. The van der Waals surface area contributed by atoms with Gasteiger partial charge in [-0.1, -0.05) is 54.1 Å². The Bertz CT molecular complexity index is 1300. The molecule has 4 aromatic rings. The summed E-state index contributed by atoms with van der Waals surface area (Å²) in [6, 6.07) is 22.4. The molecule has 1 aliphatic heterocycles. The molecular weight excluding hydrogens is 429 g/mol. The molecule has 32 heavy (non-hydrogen) atoms. The Hall–Kier alpha value is -3.97. The zero-order valence-electron chi connectivity index (χ0n) is 16.7. The van der Waals surface area contributed by atoms with Gasteiger partial charge in [-0.3, -0.25) is 10.1 Å². The van der Waals surface area contributed by atoms with Gasteiger partial charge in [0.05, 0.1) is 0 Å². The van der Waals surface area contributed by atoms with Crippen LogP contribution in [0.1, 0.15) is 27.5 Å². The minimum atomic E-state index is -0.421. The van der Waals surface area contributed by atoms with Crippen LogP contribution >= 0.6 is 11.6 Å². The van der Waals surface area contributed by atoms with Crippen LogP contribution in [0.4, 0.5) is 16.3 Å². The van der Waals surface area contributed by atoms with Crippen LogP contribution < -0.4 is 10.6 Å². The van der Waals surface area contributed by atoms with Crippen molar-refractivity contribution in [3.8, 4) is 0 Å². The molecule has 0 saturated heterocycles. The van der Waals surface area contributed by atoms with Crippen LogP contribution in [-0.2, 0) is 0 Å². The predicted octanol–water partition coefficient (Wildman–Crippen LogP) is 5.38. The highest BCUT2D eigenvalue weighted by Gasteiger charge is 2.26. The summed E-state index contributed by atoms with van der Waals surface area (Å²) in [7, 11) is 0. The fourth-order valence-electron chi connectivity index (χ4n) is 3.51. The molecule has 8 heteroatoms. The molecule has 1 amide bonds. The minimum absolute atomic E-state index is 0.147. The molecule has 0 fully saturated rings. The highest BCUT2D eigenvalue weighted by molar-refractivity contribution is 6.30. The first-order valence-corrected chi connectivity index (χ1v) is 10.3. The van der Waals surface area contributed by atoms with Crippen LogP contribution in [0.3, 0.4) is 0 Å². The second kappa shape index (κ2) is 8.28. The van der Waals surface area contributed by atoms with E-state index in [4.69, 9.17) is 11.6 Å². The van der Waals surface area contributed by atoms with E-state index in [2.05, 4.69) is 20.7 Å². The SMILES string of the molecule is O=C(Nc1nc2n(n1)[C@@H](c1ccccc1)C=C(c1ccc(Cl)cc1)N2)c1ccc(F)cc1. The Morgan fingerprint density at radius 1 is 1.00 bits per heavy atom. The van der Waals surface area contributed by atoms with Crippen LogP contribution in [0.15, 0.2) is 84.9 Å². The van der Waals surface area contributed by atoms with Gasteiger partial charge in [0.25, 0.3) is 11.9 Å². The smallest absolute Gasteiger partial charge is 0.258 e. The van der Waals surface area contributed by atoms with Crippen molar-refractivity contribution < 1.29 is 9.18 Å². The Balaban J connectivity index is 1.49. The van der Waals surface area contributed by atoms with E-state index in [1.54, 1.807) is 4.68 Å². The second-order valence-electron chi connectivity index (χ2n) is 7.23. The number of rotatable bonds is 4. The molecule has 2 heterocycles. The molecule has 5 rings (SSSR count). The average molecular weight is 446 g/mol. The fraction of sp³-hybridized carbons (Fsp3) is 0.0417. The molecular formula is C24H17ClFN5O. The van der Waals surface area contributed by atoms with E-state index >= 15 is 0 Å². The van der Waals surface area contributed by atoms with E-state index in [1.807, 2.05) is 60.7 Å². The molecule has 1 aliphatic rings. The summed E-state index contributed by atoms with van der Waals surface area (Å²) in [6.45, 7) is 0. The molecule has 2 N–H and O–H groups in total. The first-order chi connectivity index (χ1) is 15.6. The van der Waals surface area contributed by atoms with Gasteiger partial charge in [0.15, 0.2) is 0 Å². The summed E-state index contributed by atoms with van der Waals surface area (Å²) in [4.78, 5) is 17.0. The predicted molar refractivity (Wildman–Crippen MR) is 122 cm³/mol. The number of benzene rings is 3. The van der Waals surface area contributed by atoms with Gasteiger partial charge in [0.2, 0.25) is 5.95 Å². The zero-order chi connectivity index (χ0) is 22.1. The second-order valence-corrected chi connectivity index (χ2v) is 7.67. The maximum Gasteiger partial charge on any atom is 0.258 e. The molecule has 0 aliphatic carbocycles. The van der Waals surface area contributed by atoms with Gasteiger partial charge in [-0.15, -0.1) is 5.10 Å². The number of carbonyl (C=O) groups is 1. The Morgan fingerprint density at radius 2 is 1.72 bits per heavy atom. The van der Waals surface area contributed by atoms with Gasteiger partial charge in [0, 0.05) is 16.3 Å². The summed E-state index contributed by atoms with van der Waals surface area (Å²) in [5.74, 6) is -0.197. The molecule has 0 saturated carbocycles. The van der Waals surface area contributed by atoms with Crippen LogP contribution in [0.25, 0.3) is 5.70 Å². The maximum absolute atomic E-state index is 13.2. The maximum atomic E-state index is 13.2. The van der Waals surface area contributed by atoms with Crippen molar-refractivity contribution in [1.29, 1.82) is 0 Å². The first-order valence-electron chi connectivity index (χ1n) is 9.90. The van der Waals surface area contributed by atoms with Gasteiger partial charge < -0.3 is 5.32 Å². The molecule has 3 aromatic carbocycles. The van der Waals surface area contributed by atoms with Crippen molar-refractivity contribution in [2.45, 2.75) is 6.04 Å². The quantitative estimate of drug-likeness (QED) is 0.442. The number of allylic oxidation sites excluding steroid dienone is 1. The molecule has 0 spiro atoms. The van der Waals surface area contributed by atoms with Crippen molar-refractivity contribution in [1.82, 2.24) is 14.8 Å². The third-order valence-electron chi connectivity index (χ3n) is 5.09. The first kappa shape index (κ1) is 20.0. The summed E-state index contributed by atoms with van der Waals surface area (Å²) in [6.07, 6.45) is 2.05. The standard InChI is InChI=1S/C24H17ClFN5O/c25-18-10-6-15(7-11-18)20-14-21(16-4-2-1-3-5-16)31-24(27-20)29-23(30-31)28-22(32)17-8-12-19(26)13-9-17/h1-14,21H,(H2,27,28,29,30,32)/t21-/m1/s1. The highest BCUT2D eigenvalue weighted by atomic mass is 35.5. The van der Waals surface area contributed by atoms with E-state index in [0.29, 0.717) is 16.5 Å². The molecule has 158 valence electrons. The largest absolute Gasteiger partial charge is 0.324 e. The van der Waals surface area contributed by atoms with E-state index < -0.39 is 11.7 Å². The Labute approximate surface area is 188 Å². The van der Waals surface area contributed by atoms with Gasteiger partial charge >= 0.3 is 0 Å². The van der Waals surface area contributed by atoms with Crippen molar-refractivity contribution in [3.63, 3.8) is 0 Å². The molecule has 1 atom stereocenters. The van der Waals surface area contributed by atoms with Crippen molar-refractivity contribution in [2.24, 2.45) is 0 Å². The number of hydrogen-bond acceptors (Lipinski definition) is 4. The number of carbonyl (C=O) groups excluding carboxylic acids is 1. The van der Waals surface area contributed by atoms with Crippen LogP contribution in [-0.4, -0.2) is 20.7 Å². The van der Waals surface area contributed by atoms with Crippen LogP contribution in [0.5, 0.6) is 0 Å². The lowest BCUT2D eigenvalue weighted by Gasteiger charge is -2.24. The summed E-state index contributed by atoms with van der Waals surface area (Å²) >= 11 is 6.04. The number of nitrogens with one attached hydrogen (secondary N) is 2. The average Bonchev–Trinajstić information content (AvgIpc) is 3.22. The number of hydrogen-bond donors (Lipinski definition) is 2. The van der Waals surface area contributed by atoms with Gasteiger partial charge in [-0.2, -0.15) is 4.98 Å². The lowest BCUT2D eigenvalue weighted by molar-refractivity contribution is 0.102. The third kappa shape index (κ3) is 3.98. The fourth-order valence-corrected chi connectivity index (χ4v) is 3.63. The summed E-state index contributed by atoms with van der Waals surface area (Å²) in [5, 5.41) is 11.1.